The van der Waals surface area contributed by atoms with E-state index in [4.69, 9.17) is 14.7 Å². The molecule has 0 saturated carbocycles. The molecule has 5 N–H and O–H groups in total. The average Bonchev–Trinajstić information content (AvgIpc) is 4.05. The number of carbonyl (C=O) groups is 3. The van der Waals surface area contributed by atoms with Crippen LogP contribution in [0.15, 0.2) is 48.5 Å². The minimum absolute atomic E-state index is 0.0182. The lowest BCUT2D eigenvalue weighted by Gasteiger charge is -2.36. The number of amides is 3. The van der Waals surface area contributed by atoms with Crippen molar-refractivity contribution in [3.63, 3.8) is 0 Å². The lowest BCUT2D eigenvalue weighted by molar-refractivity contribution is -0.115. The van der Waals surface area contributed by atoms with Gasteiger partial charge in [-0.1, -0.05) is 24.3 Å². The maximum absolute atomic E-state index is 12.4. The summed E-state index contributed by atoms with van der Waals surface area (Å²) >= 11 is 6.85. The maximum Gasteiger partial charge on any atom is 0.410 e. The summed E-state index contributed by atoms with van der Waals surface area (Å²) in [6.07, 6.45) is 10.3. The molecule has 6 heterocycles. The zero-order valence-corrected chi connectivity index (χ0v) is 41.2. The molecule has 0 radical (unpaired) electrons. The molecule has 2 aromatic carbocycles. The Morgan fingerprint density at radius 2 is 1.11 bits per heavy atom. The van der Waals surface area contributed by atoms with E-state index in [-0.39, 0.29) is 17.9 Å². The molecule has 2 saturated heterocycles. The van der Waals surface area contributed by atoms with Crippen molar-refractivity contribution in [1.82, 2.24) is 30.8 Å². The summed E-state index contributed by atoms with van der Waals surface area (Å²) in [5.74, 6) is -0.0716. The predicted molar refractivity (Wildman–Crippen MR) is 269 cm³/mol. The molecule has 0 spiro atoms. The van der Waals surface area contributed by atoms with Gasteiger partial charge in [-0.25, -0.2) is 14.8 Å². The van der Waals surface area contributed by atoms with Gasteiger partial charge in [0.15, 0.2) is 0 Å². The number of anilines is 2. The molecule has 4 aromatic heterocycles. The van der Waals surface area contributed by atoms with Gasteiger partial charge < -0.3 is 36.2 Å². The van der Waals surface area contributed by atoms with Gasteiger partial charge >= 0.3 is 6.09 Å². The molecular weight excluding hydrogens is 893 g/mol. The molecule has 10 rings (SSSR count). The second-order valence-corrected chi connectivity index (χ2v) is 23.0. The van der Waals surface area contributed by atoms with E-state index in [2.05, 4.69) is 50.8 Å². The third-order valence-electron chi connectivity index (χ3n) is 12.6. The van der Waals surface area contributed by atoms with Crippen molar-refractivity contribution in [3.8, 4) is 21.1 Å². The highest BCUT2D eigenvalue weighted by atomic mass is 32.1. The zero-order valence-electron chi connectivity index (χ0n) is 37.9. The number of benzene rings is 2. The van der Waals surface area contributed by atoms with Crippen LogP contribution in [0.4, 0.5) is 14.8 Å². The third-order valence-corrected chi connectivity index (χ3v) is 17.0. The standard InChI is InChI=1S/C27H34N4O3S2.C22H26N4OS2/c1-16(32)28-24-23(25-30-20-7-5-6-8-21(20)35-25)19-10-9-18(15-22(19)36-24)29-17-11-13-31(14-12-17)26(33)34-27(2,3)4;1-13(27)24-21-20(22-26-17-4-2-3-5-18(17)28-22)16-7-6-15(12-19(16)29-21)25-14-8-10-23-11-9-14/h5-8,17-18,29H,9-15H2,1-4H3,(H,28,32);2-5,14-15,23,25H,6-12H2,1H3,(H,24,27). The summed E-state index contributed by atoms with van der Waals surface area (Å²) in [5.41, 5.74) is 6.55. The highest BCUT2D eigenvalue weighted by molar-refractivity contribution is 7.23. The van der Waals surface area contributed by atoms with Crippen LogP contribution in [-0.4, -0.2) is 88.7 Å². The smallest absolute Gasteiger partial charge is 0.410 e. The first-order chi connectivity index (χ1) is 31.3. The number of piperidine rings is 2. The van der Waals surface area contributed by atoms with Crippen molar-refractivity contribution in [1.29, 1.82) is 0 Å². The fourth-order valence-electron chi connectivity index (χ4n) is 9.57. The first-order valence-corrected chi connectivity index (χ1v) is 26.4. The van der Waals surface area contributed by atoms with E-state index in [0.717, 1.165) is 124 Å². The van der Waals surface area contributed by atoms with E-state index in [1.165, 1.54) is 38.4 Å². The second kappa shape index (κ2) is 19.9. The quantitative estimate of drug-likeness (QED) is 0.101. The van der Waals surface area contributed by atoms with Crippen molar-refractivity contribution in [2.75, 3.05) is 36.8 Å². The number of ether oxygens (including phenoxy) is 1. The fraction of sp³-hybridized carbons (Fsp3) is 0.490. The number of nitrogens with zero attached hydrogens (tertiary/aromatic N) is 3. The lowest BCUT2D eigenvalue weighted by Crippen LogP contribution is -2.49. The fourth-order valence-corrected chi connectivity index (χ4v) is 14.5. The van der Waals surface area contributed by atoms with Crippen LogP contribution in [0.1, 0.15) is 94.0 Å². The Kier molecular flexibility index (Phi) is 14.0. The largest absolute Gasteiger partial charge is 0.444 e. The molecule has 16 heteroatoms. The van der Waals surface area contributed by atoms with Crippen LogP contribution < -0.4 is 26.6 Å². The van der Waals surface area contributed by atoms with E-state index in [1.807, 2.05) is 49.9 Å². The van der Waals surface area contributed by atoms with Crippen molar-refractivity contribution in [3.05, 3.63) is 69.4 Å². The number of likely N-dealkylation sites (tertiary alicyclic amines) is 1. The number of thiophene rings is 2. The van der Waals surface area contributed by atoms with Gasteiger partial charge in [-0.05, 0) is 133 Å². The topological polar surface area (TPSA) is 150 Å². The monoisotopic (exact) mass is 952 g/mol. The van der Waals surface area contributed by atoms with E-state index in [0.29, 0.717) is 24.2 Å². The molecule has 344 valence electrons. The minimum Gasteiger partial charge on any atom is -0.444 e. The first kappa shape index (κ1) is 45.8. The number of fused-ring (bicyclic) bond motifs is 4. The van der Waals surface area contributed by atoms with Gasteiger partial charge in [0, 0.05) is 72.0 Å². The molecule has 4 aliphatic rings. The summed E-state index contributed by atoms with van der Waals surface area (Å²) < 4.78 is 7.89. The molecule has 0 bridgehead atoms. The zero-order chi connectivity index (χ0) is 45.2. The first-order valence-electron chi connectivity index (χ1n) is 23.1. The second-order valence-electron chi connectivity index (χ2n) is 18.7. The number of aromatic nitrogens is 2. The Labute approximate surface area is 397 Å². The summed E-state index contributed by atoms with van der Waals surface area (Å²) in [6, 6.07) is 18.4. The SMILES string of the molecule is CC(=O)Nc1sc2c(c1-c1nc3ccccc3s1)CCC(NC1CCN(C(=O)OC(C)(C)C)CC1)C2.CC(=O)Nc1sc2c(c1-c1nc3ccccc3s1)CCC(NC1CCNCC1)C2. The van der Waals surface area contributed by atoms with Crippen LogP contribution in [0, 0.1) is 0 Å². The van der Waals surface area contributed by atoms with Crippen LogP contribution in [0.3, 0.4) is 0 Å². The number of hydrogen-bond donors (Lipinski definition) is 5. The molecular formula is C49H60N8O4S4. The summed E-state index contributed by atoms with van der Waals surface area (Å²) in [7, 11) is 0. The molecule has 12 nitrogen and oxygen atoms in total. The van der Waals surface area contributed by atoms with Gasteiger partial charge in [0.2, 0.25) is 11.8 Å². The summed E-state index contributed by atoms with van der Waals surface area (Å²) in [5, 5.41) is 21.3. The molecule has 65 heavy (non-hydrogen) atoms. The van der Waals surface area contributed by atoms with E-state index < -0.39 is 5.60 Å². The number of para-hydroxylation sites is 2. The number of hydrogen-bond acceptors (Lipinski definition) is 13. The van der Waals surface area contributed by atoms with Gasteiger partial charge in [-0.2, -0.15) is 0 Å². The summed E-state index contributed by atoms with van der Waals surface area (Å²) in [6.45, 7) is 12.5. The molecule has 2 atom stereocenters. The van der Waals surface area contributed by atoms with Gasteiger partial charge in [0.05, 0.1) is 20.4 Å². The van der Waals surface area contributed by atoms with Crippen molar-refractivity contribution >= 4 is 93.7 Å². The third kappa shape index (κ3) is 11.0. The Balaban J connectivity index is 0.000000168. The van der Waals surface area contributed by atoms with Crippen LogP contribution >= 0.6 is 45.3 Å². The molecule has 3 amide bonds. The van der Waals surface area contributed by atoms with Crippen LogP contribution in [0.2, 0.25) is 0 Å². The Hall–Kier alpha value is -4.29. The van der Waals surface area contributed by atoms with Gasteiger partial charge in [0.1, 0.15) is 25.6 Å². The van der Waals surface area contributed by atoms with Crippen LogP contribution in [0.5, 0.6) is 0 Å². The Bertz CT molecular complexity index is 2600. The van der Waals surface area contributed by atoms with E-state index in [1.54, 1.807) is 59.2 Å². The van der Waals surface area contributed by atoms with Gasteiger partial charge in [0.25, 0.3) is 0 Å². The van der Waals surface area contributed by atoms with Gasteiger partial charge in [-0.15, -0.1) is 45.3 Å². The van der Waals surface area contributed by atoms with E-state index in [9.17, 15) is 14.4 Å². The molecule has 2 aliphatic carbocycles. The van der Waals surface area contributed by atoms with Gasteiger partial charge in [-0.3, -0.25) is 9.59 Å². The molecule has 2 aliphatic heterocycles. The highest BCUT2D eigenvalue weighted by Gasteiger charge is 2.33. The number of carbonyl (C=O) groups excluding carboxylic acids is 3. The normalized spacial score (nSPS) is 19.3. The number of nitrogens with one attached hydrogen (secondary N) is 5. The highest BCUT2D eigenvalue weighted by Crippen LogP contribution is 2.48. The number of rotatable bonds is 8. The van der Waals surface area contributed by atoms with Crippen LogP contribution in [0.25, 0.3) is 41.6 Å². The minimum atomic E-state index is -0.465. The maximum atomic E-state index is 12.4. The van der Waals surface area contributed by atoms with E-state index >= 15 is 0 Å². The Morgan fingerprint density at radius 1 is 0.646 bits per heavy atom. The summed E-state index contributed by atoms with van der Waals surface area (Å²) in [4.78, 5) is 50.6. The molecule has 6 aromatic rings. The van der Waals surface area contributed by atoms with Crippen molar-refractivity contribution in [2.45, 2.75) is 129 Å². The van der Waals surface area contributed by atoms with Crippen molar-refractivity contribution in [2.24, 2.45) is 0 Å². The lowest BCUT2D eigenvalue weighted by atomic mass is 9.90. The number of thiazole rings is 2. The molecule has 2 fully saturated rings. The molecule has 2 unspecified atom stereocenters. The van der Waals surface area contributed by atoms with Crippen LogP contribution in [-0.2, 0) is 40.0 Å². The predicted octanol–water partition coefficient (Wildman–Crippen LogP) is 10.0. The Morgan fingerprint density at radius 3 is 1.55 bits per heavy atom. The average molecular weight is 953 g/mol. The van der Waals surface area contributed by atoms with Crippen molar-refractivity contribution < 1.29 is 19.1 Å².